The predicted molar refractivity (Wildman–Crippen MR) is 83.9 cm³/mol. The van der Waals surface area contributed by atoms with Gasteiger partial charge in [-0.05, 0) is 32.0 Å². The molecule has 0 amide bonds. The van der Waals surface area contributed by atoms with E-state index in [1.54, 1.807) is 0 Å². The van der Waals surface area contributed by atoms with Crippen molar-refractivity contribution in [2.24, 2.45) is 0 Å². The lowest BCUT2D eigenvalue weighted by Gasteiger charge is -2.35. The number of ether oxygens (including phenoxy) is 1. The van der Waals surface area contributed by atoms with E-state index in [-0.39, 0.29) is 0 Å². The number of hydrogen-bond acceptors (Lipinski definition) is 3. The zero-order chi connectivity index (χ0) is 14.1. The molecule has 5 heteroatoms. The summed E-state index contributed by atoms with van der Waals surface area (Å²) in [7, 11) is 0. The summed E-state index contributed by atoms with van der Waals surface area (Å²) < 4.78 is 8.90. The molecule has 1 fully saturated rings. The van der Waals surface area contributed by atoms with Crippen LogP contribution in [0.4, 0.5) is 0 Å². The molecule has 2 heterocycles. The summed E-state index contributed by atoms with van der Waals surface area (Å²) in [5, 5.41) is 5.80. The van der Waals surface area contributed by atoms with E-state index in [0.29, 0.717) is 12.2 Å². The van der Waals surface area contributed by atoms with Crippen molar-refractivity contribution in [1.82, 2.24) is 14.7 Å². The highest BCUT2D eigenvalue weighted by molar-refractivity contribution is 9.10. The van der Waals surface area contributed by atoms with Crippen LogP contribution in [-0.4, -0.2) is 46.5 Å². The lowest BCUT2D eigenvalue weighted by molar-refractivity contribution is -0.0687. The van der Waals surface area contributed by atoms with Crippen molar-refractivity contribution in [3.63, 3.8) is 0 Å². The summed E-state index contributed by atoms with van der Waals surface area (Å²) in [5.74, 6) is 0. The lowest BCUT2D eigenvalue weighted by atomic mass is 10.2. The summed E-state index contributed by atoms with van der Waals surface area (Å²) in [5.41, 5.74) is 1.05. The first-order valence-electron chi connectivity index (χ1n) is 7.11. The molecule has 0 bridgehead atoms. The number of aromatic nitrogens is 2. The number of morpholine rings is 1. The molecule has 20 heavy (non-hydrogen) atoms. The summed E-state index contributed by atoms with van der Waals surface area (Å²) in [4.78, 5) is 2.46. The van der Waals surface area contributed by atoms with Gasteiger partial charge >= 0.3 is 0 Å². The van der Waals surface area contributed by atoms with Gasteiger partial charge in [0, 0.05) is 35.7 Å². The molecule has 108 valence electrons. The van der Waals surface area contributed by atoms with Crippen molar-refractivity contribution in [1.29, 1.82) is 0 Å². The molecular weight excluding hydrogens is 318 g/mol. The fourth-order valence-electron chi connectivity index (χ4n) is 2.87. The van der Waals surface area contributed by atoms with Crippen molar-refractivity contribution < 1.29 is 4.74 Å². The first-order chi connectivity index (χ1) is 9.60. The van der Waals surface area contributed by atoms with Crippen LogP contribution in [0.3, 0.4) is 0 Å². The number of rotatable bonds is 3. The molecule has 4 nitrogen and oxygen atoms in total. The fraction of sp³-hybridized carbons (Fsp3) is 0.533. The van der Waals surface area contributed by atoms with Gasteiger partial charge in [0.2, 0.25) is 0 Å². The standard InChI is InChI=1S/C15H20BrN3O/c1-11-8-18(9-12(2)20-11)5-6-19-10-13-7-14(16)3-4-15(13)17-19/h3-4,7,10-12H,5-6,8-9H2,1-2H3. The van der Waals surface area contributed by atoms with Gasteiger partial charge in [0.25, 0.3) is 0 Å². The van der Waals surface area contributed by atoms with Crippen LogP contribution in [-0.2, 0) is 11.3 Å². The van der Waals surface area contributed by atoms with Crippen molar-refractivity contribution >= 4 is 26.8 Å². The number of nitrogens with zero attached hydrogens (tertiary/aromatic N) is 3. The Kier molecular flexibility index (Phi) is 4.10. The molecule has 2 aromatic rings. The van der Waals surface area contributed by atoms with Crippen LogP contribution in [0.2, 0.25) is 0 Å². The highest BCUT2D eigenvalue weighted by Crippen LogP contribution is 2.18. The molecule has 0 aliphatic carbocycles. The van der Waals surface area contributed by atoms with E-state index in [1.165, 1.54) is 5.39 Å². The van der Waals surface area contributed by atoms with Gasteiger partial charge < -0.3 is 4.74 Å². The highest BCUT2D eigenvalue weighted by Gasteiger charge is 2.21. The average Bonchev–Trinajstić information content (AvgIpc) is 2.77. The zero-order valence-electron chi connectivity index (χ0n) is 11.9. The van der Waals surface area contributed by atoms with Crippen LogP contribution >= 0.6 is 15.9 Å². The fourth-order valence-corrected chi connectivity index (χ4v) is 3.25. The Bertz CT molecular complexity index is 588. The topological polar surface area (TPSA) is 30.3 Å². The van der Waals surface area contributed by atoms with Gasteiger partial charge in [0.05, 0.1) is 24.3 Å². The molecule has 0 radical (unpaired) electrons. The Balaban J connectivity index is 1.64. The van der Waals surface area contributed by atoms with Gasteiger partial charge in [-0.2, -0.15) is 5.10 Å². The second-order valence-corrected chi connectivity index (χ2v) is 6.53. The third kappa shape index (κ3) is 3.22. The molecule has 2 atom stereocenters. The van der Waals surface area contributed by atoms with Gasteiger partial charge in [-0.1, -0.05) is 15.9 Å². The third-order valence-electron chi connectivity index (χ3n) is 3.65. The zero-order valence-corrected chi connectivity index (χ0v) is 13.5. The predicted octanol–water partition coefficient (Wildman–Crippen LogP) is 2.91. The van der Waals surface area contributed by atoms with E-state index in [9.17, 15) is 0 Å². The molecule has 1 aliphatic rings. The molecular formula is C15H20BrN3O. The molecule has 0 spiro atoms. The van der Waals surface area contributed by atoms with Crippen LogP contribution in [0, 0.1) is 0 Å². The Morgan fingerprint density at radius 1 is 1.25 bits per heavy atom. The van der Waals surface area contributed by atoms with Gasteiger partial charge in [-0.25, -0.2) is 0 Å². The average molecular weight is 338 g/mol. The van der Waals surface area contributed by atoms with Crippen molar-refractivity contribution in [3.8, 4) is 0 Å². The van der Waals surface area contributed by atoms with Crippen molar-refractivity contribution in [2.75, 3.05) is 19.6 Å². The first kappa shape index (κ1) is 14.0. The summed E-state index contributed by atoms with van der Waals surface area (Å²) in [6.07, 6.45) is 2.77. The van der Waals surface area contributed by atoms with E-state index < -0.39 is 0 Å². The Morgan fingerprint density at radius 2 is 2.00 bits per heavy atom. The van der Waals surface area contributed by atoms with E-state index in [4.69, 9.17) is 4.74 Å². The van der Waals surface area contributed by atoms with Crippen molar-refractivity contribution in [3.05, 3.63) is 28.9 Å². The summed E-state index contributed by atoms with van der Waals surface area (Å²) in [6, 6.07) is 6.19. The van der Waals surface area contributed by atoms with Crippen LogP contribution < -0.4 is 0 Å². The molecule has 1 saturated heterocycles. The number of benzene rings is 1. The van der Waals surface area contributed by atoms with Crippen LogP contribution in [0.1, 0.15) is 13.8 Å². The van der Waals surface area contributed by atoms with Crippen LogP contribution in [0.25, 0.3) is 10.9 Å². The molecule has 1 aromatic carbocycles. The van der Waals surface area contributed by atoms with Gasteiger partial charge in [-0.15, -0.1) is 0 Å². The molecule has 0 N–H and O–H groups in total. The maximum absolute atomic E-state index is 5.76. The quantitative estimate of drug-likeness (QED) is 0.862. The Morgan fingerprint density at radius 3 is 2.75 bits per heavy atom. The van der Waals surface area contributed by atoms with E-state index in [0.717, 1.165) is 36.2 Å². The van der Waals surface area contributed by atoms with Crippen molar-refractivity contribution in [2.45, 2.75) is 32.6 Å². The SMILES string of the molecule is CC1CN(CCn2cc3cc(Br)ccc3n2)CC(C)O1. The third-order valence-corrected chi connectivity index (χ3v) is 4.15. The number of hydrogen-bond donors (Lipinski definition) is 0. The maximum Gasteiger partial charge on any atom is 0.0924 e. The maximum atomic E-state index is 5.76. The molecule has 1 aromatic heterocycles. The van der Waals surface area contributed by atoms with E-state index in [1.807, 2.05) is 10.7 Å². The molecule has 3 rings (SSSR count). The second-order valence-electron chi connectivity index (χ2n) is 5.61. The number of halogens is 1. The second kappa shape index (κ2) is 5.84. The van der Waals surface area contributed by atoms with Gasteiger partial charge in [0.15, 0.2) is 0 Å². The smallest absolute Gasteiger partial charge is 0.0924 e. The minimum atomic E-state index is 0.325. The van der Waals surface area contributed by atoms with E-state index >= 15 is 0 Å². The molecule has 2 unspecified atom stereocenters. The van der Waals surface area contributed by atoms with E-state index in [2.05, 4.69) is 58.1 Å². The normalized spacial score (nSPS) is 24.4. The molecule has 0 saturated carbocycles. The highest BCUT2D eigenvalue weighted by atomic mass is 79.9. The largest absolute Gasteiger partial charge is 0.373 e. The van der Waals surface area contributed by atoms with Gasteiger partial charge in [0.1, 0.15) is 0 Å². The summed E-state index contributed by atoms with van der Waals surface area (Å²) >= 11 is 3.50. The van der Waals surface area contributed by atoms with Gasteiger partial charge in [-0.3, -0.25) is 9.58 Å². The minimum Gasteiger partial charge on any atom is -0.373 e. The Labute approximate surface area is 127 Å². The van der Waals surface area contributed by atoms with Crippen LogP contribution in [0.5, 0.6) is 0 Å². The number of fused-ring (bicyclic) bond motifs is 1. The van der Waals surface area contributed by atoms with Crippen LogP contribution in [0.15, 0.2) is 28.9 Å². The first-order valence-corrected chi connectivity index (χ1v) is 7.90. The Hall–Kier alpha value is -0.910. The lowest BCUT2D eigenvalue weighted by Crippen LogP contribution is -2.46. The summed E-state index contributed by atoms with van der Waals surface area (Å²) in [6.45, 7) is 8.25. The molecule has 1 aliphatic heterocycles. The minimum absolute atomic E-state index is 0.325. The monoisotopic (exact) mass is 337 g/mol.